The highest BCUT2D eigenvalue weighted by molar-refractivity contribution is 6.30. The summed E-state index contributed by atoms with van der Waals surface area (Å²) in [5, 5.41) is 3.65. The first-order valence-corrected chi connectivity index (χ1v) is 7.26. The van der Waals surface area contributed by atoms with Gasteiger partial charge in [0.1, 0.15) is 0 Å². The van der Waals surface area contributed by atoms with Gasteiger partial charge in [-0.2, -0.15) is 0 Å². The summed E-state index contributed by atoms with van der Waals surface area (Å²) in [7, 11) is 0. The Hall–Kier alpha value is -1.80. The average Bonchev–Trinajstić information content (AvgIpc) is 2.49. The van der Waals surface area contributed by atoms with Gasteiger partial charge in [-0.15, -0.1) is 0 Å². The van der Waals surface area contributed by atoms with Gasteiger partial charge in [0.15, 0.2) is 0 Å². The molecule has 0 aliphatic heterocycles. The van der Waals surface area contributed by atoms with Crippen molar-refractivity contribution in [3.05, 3.63) is 64.7 Å². The zero-order chi connectivity index (χ0) is 13.9. The van der Waals surface area contributed by atoms with E-state index in [4.69, 9.17) is 11.6 Å². The molecule has 0 saturated heterocycles. The van der Waals surface area contributed by atoms with Gasteiger partial charge in [-0.25, -0.2) is 0 Å². The molecule has 1 aliphatic rings. The fraction of sp³-hybridized carbons (Fsp3) is 0.235. The first-order valence-electron chi connectivity index (χ1n) is 6.88. The monoisotopic (exact) mass is 285 g/mol. The van der Waals surface area contributed by atoms with E-state index in [-0.39, 0.29) is 11.8 Å². The Morgan fingerprint density at radius 1 is 1.10 bits per heavy atom. The Morgan fingerprint density at radius 3 is 2.65 bits per heavy atom. The summed E-state index contributed by atoms with van der Waals surface area (Å²) in [5.41, 5.74) is 3.27. The highest BCUT2D eigenvalue weighted by atomic mass is 35.5. The number of fused-ring (bicyclic) bond motifs is 1. The number of hydrogen-bond acceptors (Lipinski definition) is 1. The van der Waals surface area contributed by atoms with E-state index in [9.17, 15) is 4.79 Å². The summed E-state index contributed by atoms with van der Waals surface area (Å²) in [6, 6.07) is 15.5. The van der Waals surface area contributed by atoms with E-state index in [1.54, 1.807) is 12.1 Å². The van der Waals surface area contributed by atoms with Crippen LogP contribution in [-0.2, 0) is 11.2 Å². The van der Waals surface area contributed by atoms with Crippen molar-refractivity contribution in [1.82, 2.24) is 0 Å². The third kappa shape index (κ3) is 2.70. The van der Waals surface area contributed by atoms with Gasteiger partial charge in [-0.3, -0.25) is 4.79 Å². The second kappa shape index (κ2) is 5.68. The van der Waals surface area contributed by atoms with Crippen LogP contribution in [0.5, 0.6) is 0 Å². The second-order valence-corrected chi connectivity index (χ2v) is 5.58. The molecule has 0 heterocycles. The Bertz CT molecular complexity index is 621. The first-order chi connectivity index (χ1) is 9.74. The normalized spacial score (nSPS) is 17.4. The number of anilines is 1. The minimum Gasteiger partial charge on any atom is -0.326 e. The number of amides is 1. The van der Waals surface area contributed by atoms with Crippen molar-refractivity contribution in [2.75, 3.05) is 5.32 Å². The average molecular weight is 286 g/mol. The van der Waals surface area contributed by atoms with E-state index in [1.807, 2.05) is 24.3 Å². The molecule has 0 radical (unpaired) electrons. The molecule has 1 amide bonds. The fourth-order valence-corrected chi connectivity index (χ4v) is 2.91. The lowest BCUT2D eigenvalue weighted by molar-refractivity contribution is -0.117. The molecule has 0 spiro atoms. The van der Waals surface area contributed by atoms with E-state index in [0.29, 0.717) is 5.02 Å². The van der Waals surface area contributed by atoms with Crippen molar-refractivity contribution in [2.24, 2.45) is 0 Å². The van der Waals surface area contributed by atoms with Gasteiger partial charge < -0.3 is 5.32 Å². The van der Waals surface area contributed by atoms with Gasteiger partial charge in [-0.1, -0.05) is 35.9 Å². The van der Waals surface area contributed by atoms with E-state index >= 15 is 0 Å². The van der Waals surface area contributed by atoms with Gasteiger partial charge in [0.25, 0.3) is 0 Å². The number of halogens is 1. The number of rotatable bonds is 2. The number of hydrogen-bond donors (Lipinski definition) is 1. The van der Waals surface area contributed by atoms with Gasteiger partial charge in [0.2, 0.25) is 5.91 Å². The maximum Gasteiger partial charge on any atom is 0.231 e. The molecule has 2 nitrogen and oxygen atoms in total. The van der Waals surface area contributed by atoms with E-state index in [2.05, 4.69) is 17.4 Å². The molecule has 2 aromatic rings. The smallest absolute Gasteiger partial charge is 0.231 e. The molecule has 0 unspecified atom stereocenters. The van der Waals surface area contributed by atoms with Crippen LogP contribution in [0, 0.1) is 0 Å². The second-order valence-electron chi connectivity index (χ2n) is 5.14. The summed E-state index contributed by atoms with van der Waals surface area (Å²) in [6.45, 7) is 0. The maximum absolute atomic E-state index is 12.5. The minimum absolute atomic E-state index is 0.0457. The van der Waals surface area contributed by atoms with Gasteiger partial charge in [0, 0.05) is 10.7 Å². The summed E-state index contributed by atoms with van der Waals surface area (Å²) in [5.74, 6) is 0.0232. The molecule has 102 valence electrons. The van der Waals surface area contributed by atoms with Crippen molar-refractivity contribution < 1.29 is 4.79 Å². The van der Waals surface area contributed by atoms with Crippen molar-refractivity contribution in [1.29, 1.82) is 0 Å². The molecule has 0 saturated carbocycles. The molecule has 0 aromatic heterocycles. The highest BCUT2D eigenvalue weighted by Gasteiger charge is 2.26. The Morgan fingerprint density at radius 2 is 1.85 bits per heavy atom. The summed E-state index contributed by atoms with van der Waals surface area (Å²) < 4.78 is 0. The van der Waals surface area contributed by atoms with Gasteiger partial charge in [0.05, 0.1) is 5.92 Å². The molecule has 3 rings (SSSR count). The van der Waals surface area contributed by atoms with Crippen LogP contribution in [0.3, 0.4) is 0 Å². The third-order valence-corrected chi connectivity index (χ3v) is 4.05. The van der Waals surface area contributed by atoms with Gasteiger partial charge in [-0.05, 0) is 54.7 Å². The minimum atomic E-state index is -0.0457. The molecule has 0 fully saturated rings. The Kier molecular flexibility index (Phi) is 3.75. The quantitative estimate of drug-likeness (QED) is 0.871. The zero-order valence-corrected chi connectivity index (χ0v) is 11.9. The zero-order valence-electron chi connectivity index (χ0n) is 11.1. The molecule has 1 aliphatic carbocycles. The lowest BCUT2D eigenvalue weighted by Crippen LogP contribution is -2.24. The van der Waals surface area contributed by atoms with Crippen LogP contribution >= 0.6 is 11.6 Å². The largest absolute Gasteiger partial charge is 0.326 e. The summed E-state index contributed by atoms with van der Waals surface area (Å²) in [4.78, 5) is 12.5. The number of aryl methyl sites for hydroxylation is 1. The standard InChI is InChI=1S/C17H16ClNO/c18-13-8-10-14(11-9-13)19-17(20)16-7-3-5-12-4-1-2-6-15(12)16/h1-2,4,6,8-11,16H,3,5,7H2,(H,19,20)/t16-/m0/s1. The van der Waals surface area contributed by atoms with Crippen LogP contribution < -0.4 is 5.32 Å². The molecular weight excluding hydrogens is 270 g/mol. The highest BCUT2D eigenvalue weighted by Crippen LogP contribution is 2.32. The molecule has 0 bridgehead atoms. The van der Waals surface area contributed by atoms with Crippen LogP contribution in [-0.4, -0.2) is 5.91 Å². The third-order valence-electron chi connectivity index (χ3n) is 3.80. The number of carbonyl (C=O) groups excluding carboxylic acids is 1. The lowest BCUT2D eigenvalue weighted by atomic mass is 9.82. The number of benzene rings is 2. The van der Waals surface area contributed by atoms with Crippen molar-refractivity contribution in [3.63, 3.8) is 0 Å². The van der Waals surface area contributed by atoms with Crippen LogP contribution in [0.1, 0.15) is 29.9 Å². The maximum atomic E-state index is 12.5. The SMILES string of the molecule is O=C(Nc1ccc(Cl)cc1)[C@H]1CCCc2ccccc21. The predicted octanol–water partition coefficient (Wildman–Crippen LogP) is 4.40. The topological polar surface area (TPSA) is 29.1 Å². The fourth-order valence-electron chi connectivity index (χ4n) is 2.79. The van der Waals surface area contributed by atoms with Crippen LogP contribution in [0.15, 0.2) is 48.5 Å². The predicted molar refractivity (Wildman–Crippen MR) is 82.2 cm³/mol. The van der Waals surface area contributed by atoms with Crippen molar-refractivity contribution in [2.45, 2.75) is 25.2 Å². The van der Waals surface area contributed by atoms with Crippen LogP contribution in [0.25, 0.3) is 0 Å². The molecule has 20 heavy (non-hydrogen) atoms. The van der Waals surface area contributed by atoms with E-state index in [0.717, 1.165) is 24.9 Å². The molecular formula is C17H16ClNO. The van der Waals surface area contributed by atoms with Crippen molar-refractivity contribution in [3.8, 4) is 0 Å². The lowest BCUT2D eigenvalue weighted by Gasteiger charge is -2.24. The van der Waals surface area contributed by atoms with Gasteiger partial charge >= 0.3 is 0 Å². The van der Waals surface area contributed by atoms with Crippen molar-refractivity contribution >= 4 is 23.2 Å². The molecule has 1 N–H and O–H groups in total. The van der Waals surface area contributed by atoms with E-state index < -0.39 is 0 Å². The Balaban J connectivity index is 1.80. The summed E-state index contributed by atoms with van der Waals surface area (Å²) >= 11 is 5.85. The molecule has 1 atom stereocenters. The summed E-state index contributed by atoms with van der Waals surface area (Å²) in [6.07, 6.45) is 3.05. The van der Waals surface area contributed by atoms with Crippen LogP contribution in [0.4, 0.5) is 5.69 Å². The first kappa shape index (κ1) is 13.2. The molecule has 2 aromatic carbocycles. The number of carbonyl (C=O) groups is 1. The van der Waals surface area contributed by atoms with Crippen LogP contribution in [0.2, 0.25) is 5.02 Å². The Labute approximate surface area is 123 Å². The molecule has 3 heteroatoms. The van der Waals surface area contributed by atoms with E-state index in [1.165, 1.54) is 11.1 Å². The number of nitrogens with one attached hydrogen (secondary N) is 1.